The van der Waals surface area contributed by atoms with Crippen molar-refractivity contribution < 1.29 is 17.7 Å². The highest BCUT2D eigenvalue weighted by molar-refractivity contribution is 5.23. The highest BCUT2D eigenvalue weighted by Crippen LogP contribution is 2.58. The van der Waals surface area contributed by atoms with Gasteiger partial charge in [0.2, 0.25) is 0 Å². The van der Waals surface area contributed by atoms with Gasteiger partial charge in [0.25, 0.3) is 0 Å². The molecule has 0 saturated heterocycles. The molecule has 12 heavy (non-hydrogen) atoms. The van der Waals surface area contributed by atoms with E-state index in [1.54, 1.807) is 0 Å². The minimum absolute atomic E-state index is 0.0602. The summed E-state index contributed by atoms with van der Waals surface area (Å²) < 4.78 is 41.6. The molecule has 1 heterocycles. The van der Waals surface area contributed by atoms with Gasteiger partial charge in [0.05, 0.1) is 6.20 Å². The van der Waals surface area contributed by atoms with E-state index in [4.69, 9.17) is 0 Å². The van der Waals surface area contributed by atoms with Crippen molar-refractivity contribution in [1.29, 1.82) is 0 Å². The van der Waals surface area contributed by atoms with Gasteiger partial charge >= 0.3 is 6.18 Å². The Kier molecular flexibility index (Phi) is 1.29. The fourth-order valence-electron chi connectivity index (χ4n) is 1.26. The summed E-state index contributed by atoms with van der Waals surface area (Å²) in [5, 5.41) is 3.27. The van der Waals surface area contributed by atoms with Crippen LogP contribution in [0.25, 0.3) is 0 Å². The lowest BCUT2D eigenvalue weighted by Crippen LogP contribution is -2.28. The smallest absolute Gasteiger partial charge is 0.360 e. The topological polar surface area (TPSA) is 26.0 Å². The van der Waals surface area contributed by atoms with Gasteiger partial charge in [0.1, 0.15) is 5.41 Å². The Morgan fingerprint density at radius 3 is 2.42 bits per heavy atom. The van der Waals surface area contributed by atoms with Crippen molar-refractivity contribution in [2.24, 2.45) is 0 Å². The lowest BCUT2D eigenvalue weighted by atomic mass is 10.0. The van der Waals surface area contributed by atoms with Crippen LogP contribution in [0.3, 0.4) is 0 Å². The van der Waals surface area contributed by atoms with E-state index >= 15 is 0 Å². The van der Waals surface area contributed by atoms with Crippen molar-refractivity contribution in [2.45, 2.75) is 24.4 Å². The molecule has 0 unspecified atom stereocenters. The standard InChI is InChI=1S/C7H6F3NO/c8-7(9,10)6(2-3-6)5-1-4-11-12-5/h1,4H,2-3H2. The first-order valence-electron chi connectivity index (χ1n) is 3.54. The van der Waals surface area contributed by atoms with Crippen LogP contribution in [0, 0.1) is 0 Å². The molecule has 2 nitrogen and oxygen atoms in total. The summed E-state index contributed by atoms with van der Waals surface area (Å²) in [6.07, 6.45) is -2.73. The normalized spacial score (nSPS) is 20.9. The number of hydrogen-bond acceptors (Lipinski definition) is 2. The zero-order chi connectivity index (χ0) is 8.82. The van der Waals surface area contributed by atoms with Crippen LogP contribution in [0.4, 0.5) is 13.2 Å². The molecular weight excluding hydrogens is 171 g/mol. The third-order valence-electron chi connectivity index (χ3n) is 2.20. The molecule has 1 aromatic rings. The molecule has 0 spiro atoms. The predicted molar refractivity (Wildman–Crippen MR) is 33.5 cm³/mol. The Morgan fingerprint density at radius 2 is 2.08 bits per heavy atom. The molecule has 2 rings (SSSR count). The van der Waals surface area contributed by atoms with Crippen LogP contribution in [-0.2, 0) is 5.41 Å². The van der Waals surface area contributed by atoms with Crippen LogP contribution in [0.2, 0.25) is 0 Å². The Morgan fingerprint density at radius 1 is 1.42 bits per heavy atom. The molecule has 1 aliphatic carbocycles. The molecule has 0 aliphatic heterocycles. The first kappa shape index (κ1) is 7.64. The summed E-state index contributed by atoms with van der Waals surface area (Å²) >= 11 is 0. The summed E-state index contributed by atoms with van der Waals surface area (Å²) in [4.78, 5) is 0. The lowest BCUT2D eigenvalue weighted by Gasteiger charge is -2.14. The molecule has 0 atom stereocenters. The van der Waals surface area contributed by atoms with E-state index in [1.807, 2.05) is 0 Å². The van der Waals surface area contributed by atoms with Crippen molar-refractivity contribution in [3.63, 3.8) is 0 Å². The minimum atomic E-state index is -4.20. The number of rotatable bonds is 1. The van der Waals surface area contributed by atoms with E-state index in [1.165, 1.54) is 12.3 Å². The van der Waals surface area contributed by atoms with Crippen molar-refractivity contribution in [2.75, 3.05) is 0 Å². The van der Waals surface area contributed by atoms with Gasteiger partial charge < -0.3 is 4.52 Å². The molecule has 0 N–H and O–H groups in total. The number of alkyl halides is 3. The minimum Gasteiger partial charge on any atom is -0.360 e. The van der Waals surface area contributed by atoms with Crippen LogP contribution in [0.15, 0.2) is 16.8 Å². The van der Waals surface area contributed by atoms with E-state index < -0.39 is 11.6 Å². The number of nitrogens with zero attached hydrogens (tertiary/aromatic N) is 1. The van der Waals surface area contributed by atoms with Crippen molar-refractivity contribution >= 4 is 0 Å². The van der Waals surface area contributed by atoms with Crippen molar-refractivity contribution in [1.82, 2.24) is 5.16 Å². The van der Waals surface area contributed by atoms with E-state index in [0.717, 1.165) is 0 Å². The first-order chi connectivity index (χ1) is 5.56. The number of aromatic nitrogens is 1. The third kappa shape index (κ3) is 0.852. The maximum absolute atomic E-state index is 12.4. The molecule has 0 radical (unpaired) electrons. The first-order valence-corrected chi connectivity index (χ1v) is 3.54. The molecule has 0 bridgehead atoms. The van der Waals surface area contributed by atoms with Gasteiger partial charge in [-0.05, 0) is 12.8 Å². The van der Waals surface area contributed by atoms with E-state index in [0.29, 0.717) is 0 Å². The fraction of sp³-hybridized carbons (Fsp3) is 0.571. The van der Waals surface area contributed by atoms with Crippen LogP contribution >= 0.6 is 0 Å². The summed E-state index contributed by atoms with van der Waals surface area (Å²) in [6, 6.07) is 1.28. The second-order valence-corrected chi connectivity index (χ2v) is 2.96. The molecule has 5 heteroatoms. The van der Waals surface area contributed by atoms with Gasteiger partial charge in [-0.25, -0.2) is 0 Å². The predicted octanol–water partition coefficient (Wildman–Crippen LogP) is 2.27. The average molecular weight is 177 g/mol. The Labute approximate surface area is 66.3 Å². The second-order valence-electron chi connectivity index (χ2n) is 2.96. The summed E-state index contributed by atoms with van der Waals surface area (Å²) in [5.74, 6) is -0.0602. The lowest BCUT2D eigenvalue weighted by molar-refractivity contribution is -0.165. The Hall–Kier alpha value is -1.00. The molecule has 1 saturated carbocycles. The molecule has 1 aliphatic rings. The van der Waals surface area contributed by atoms with Crippen molar-refractivity contribution in [3.05, 3.63) is 18.0 Å². The molecule has 66 valence electrons. The molecule has 0 aromatic carbocycles. The van der Waals surface area contributed by atoms with Crippen LogP contribution in [0.5, 0.6) is 0 Å². The van der Waals surface area contributed by atoms with E-state index in [-0.39, 0.29) is 18.6 Å². The van der Waals surface area contributed by atoms with Gasteiger partial charge in [-0.15, -0.1) is 0 Å². The largest absolute Gasteiger partial charge is 0.401 e. The van der Waals surface area contributed by atoms with E-state index in [2.05, 4.69) is 9.68 Å². The van der Waals surface area contributed by atoms with Gasteiger partial charge in [0, 0.05) is 6.07 Å². The molecule has 1 aromatic heterocycles. The van der Waals surface area contributed by atoms with Crippen LogP contribution < -0.4 is 0 Å². The summed E-state index contributed by atoms with van der Waals surface area (Å²) in [7, 11) is 0. The van der Waals surface area contributed by atoms with Crippen LogP contribution in [0.1, 0.15) is 18.6 Å². The maximum atomic E-state index is 12.4. The monoisotopic (exact) mass is 177 g/mol. The van der Waals surface area contributed by atoms with Gasteiger partial charge in [-0.3, -0.25) is 0 Å². The SMILES string of the molecule is FC(F)(F)C1(c2ccno2)CC1. The highest BCUT2D eigenvalue weighted by Gasteiger charge is 2.66. The zero-order valence-corrected chi connectivity index (χ0v) is 6.06. The van der Waals surface area contributed by atoms with Crippen LogP contribution in [-0.4, -0.2) is 11.3 Å². The molecule has 0 amide bonds. The summed E-state index contributed by atoms with van der Waals surface area (Å²) in [6.45, 7) is 0. The zero-order valence-electron chi connectivity index (χ0n) is 6.06. The summed E-state index contributed by atoms with van der Waals surface area (Å²) in [5.41, 5.74) is -1.72. The quantitative estimate of drug-likeness (QED) is 0.657. The maximum Gasteiger partial charge on any atom is 0.401 e. The number of halogens is 3. The molecular formula is C7H6F3NO. The number of hydrogen-bond donors (Lipinski definition) is 0. The van der Waals surface area contributed by atoms with Gasteiger partial charge in [-0.2, -0.15) is 13.2 Å². The Balaban J connectivity index is 2.35. The van der Waals surface area contributed by atoms with E-state index in [9.17, 15) is 13.2 Å². The average Bonchev–Trinajstić information content (AvgIpc) is 2.61. The highest BCUT2D eigenvalue weighted by atomic mass is 19.4. The Bertz CT molecular complexity index is 273. The van der Waals surface area contributed by atoms with Crippen molar-refractivity contribution in [3.8, 4) is 0 Å². The van der Waals surface area contributed by atoms with Gasteiger partial charge in [-0.1, -0.05) is 5.16 Å². The third-order valence-corrected chi connectivity index (χ3v) is 2.20. The molecule has 1 fully saturated rings. The second kappa shape index (κ2) is 2.02. The van der Waals surface area contributed by atoms with Gasteiger partial charge in [0.15, 0.2) is 5.76 Å². The fourth-order valence-corrected chi connectivity index (χ4v) is 1.26.